The lowest BCUT2D eigenvalue weighted by atomic mass is 9.52. The lowest BCUT2D eigenvalue weighted by Crippen LogP contribution is -2.67. The van der Waals surface area contributed by atoms with Crippen molar-refractivity contribution in [1.82, 2.24) is 0 Å². The highest BCUT2D eigenvalue weighted by Crippen LogP contribution is 2.65. The average molecular weight is 1500 g/mol. The Morgan fingerprint density at radius 2 is 0.780 bits per heavy atom. The number of carbonyl (C=O) groups is 6. The number of rotatable bonds is 14. The van der Waals surface area contributed by atoms with Crippen molar-refractivity contribution in [3.63, 3.8) is 0 Å². The molecule has 0 aliphatic carbocycles. The molecule has 4 atom stereocenters. The summed E-state index contributed by atoms with van der Waals surface area (Å²) in [5.41, 5.74) is -6.64. The van der Waals surface area contributed by atoms with Crippen molar-refractivity contribution in [3.8, 4) is 24.3 Å². The van der Waals surface area contributed by atoms with Crippen LogP contribution in [0.25, 0.3) is 12.2 Å². The Morgan fingerprint density at radius 1 is 0.450 bits per heavy atom. The molecule has 8 aromatic rings. The van der Waals surface area contributed by atoms with Gasteiger partial charge in [0.2, 0.25) is 11.8 Å². The first-order valence-corrected chi connectivity index (χ1v) is 33.1. The van der Waals surface area contributed by atoms with E-state index in [2.05, 4.69) is 56.1 Å². The highest BCUT2D eigenvalue weighted by molar-refractivity contribution is 9.10. The van der Waals surface area contributed by atoms with E-state index in [-0.39, 0.29) is 35.6 Å². The number of hydrogen-bond donors (Lipinski definition) is 0. The standard InChI is InChI=1S/2C39H28BrClN4O5/c2*1-49-35(46)33-34(36(47)50-2)45(29-18-16-27(40)17-19-29)32(20-15-25-11-8-12-28(41)21-25)38(23-42,24-43)39(33)30-13-6-7-14-31(30)44(37(39)48)22-26-9-4-3-5-10-26/h2*3-21,32H,22H2,1-2H3/b2*20-15+/t2*32-,39+/m10/s1. The molecule has 496 valence electrons. The number of benzene rings is 8. The van der Waals surface area contributed by atoms with Crippen LogP contribution in [0.15, 0.2) is 250 Å². The number of para-hydroxylation sites is 2. The quantitative estimate of drug-likeness (QED) is 0.0725. The summed E-state index contributed by atoms with van der Waals surface area (Å²) in [5.74, 6) is -5.61. The van der Waals surface area contributed by atoms with Crippen LogP contribution in [0.4, 0.5) is 22.7 Å². The molecule has 0 saturated heterocycles. The first-order valence-electron chi connectivity index (χ1n) is 30.7. The summed E-state index contributed by atoms with van der Waals surface area (Å²) < 4.78 is 22.7. The summed E-state index contributed by atoms with van der Waals surface area (Å²) in [6, 6.07) is 65.1. The van der Waals surface area contributed by atoms with E-state index in [0.717, 1.165) is 39.6 Å². The summed E-state index contributed by atoms with van der Waals surface area (Å²) in [6.07, 6.45) is 6.47. The summed E-state index contributed by atoms with van der Waals surface area (Å²) in [5, 5.41) is 46.6. The number of amides is 2. The molecule has 18 nitrogen and oxygen atoms in total. The number of halogens is 4. The molecule has 12 rings (SSSR count). The van der Waals surface area contributed by atoms with Gasteiger partial charge in [-0.25, -0.2) is 19.2 Å². The Kier molecular flexibility index (Phi) is 20.3. The van der Waals surface area contributed by atoms with Crippen LogP contribution in [0.5, 0.6) is 0 Å². The minimum atomic E-state index is -2.39. The molecule has 0 aromatic heterocycles. The van der Waals surface area contributed by atoms with E-state index in [1.807, 2.05) is 60.7 Å². The van der Waals surface area contributed by atoms with Gasteiger partial charge in [-0.15, -0.1) is 0 Å². The fourth-order valence-corrected chi connectivity index (χ4v) is 14.8. The van der Waals surface area contributed by atoms with Gasteiger partial charge in [0.25, 0.3) is 0 Å². The average Bonchev–Trinajstić information content (AvgIpc) is 1.40. The fourth-order valence-electron chi connectivity index (χ4n) is 13.9. The molecule has 0 bridgehead atoms. The summed E-state index contributed by atoms with van der Waals surface area (Å²) in [4.78, 5) is 93.6. The molecule has 4 heterocycles. The predicted molar refractivity (Wildman–Crippen MR) is 383 cm³/mol. The van der Waals surface area contributed by atoms with Crippen molar-refractivity contribution in [2.75, 3.05) is 48.0 Å². The molecule has 0 N–H and O–H groups in total. The maximum absolute atomic E-state index is 15.5. The number of ether oxygens (including phenoxy) is 4. The van der Waals surface area contributed by atoms with Gasteiger partial charge in [0, 0.05) is 41.7 Å². The molecule has 0 unspecified atom stereocenters. The summed E-state index contributed by atoms with van der Waals surface area (Å²) in [6.45, 7) is 0.0969. The van der Waals surface area contributed by atoms with Crippen molar-refractivity contribution in [2.24, 2.45) is 10.8 Å². The third-order valence-corrected chi connectivity index (χ3v) is 19.6. The number of carbonyl (C=O) groups excluding carboxylic acids is 6. The Morgan fingerprint density at radius 3 is 1.10 bits per heavy atom. The van der Waals surface area contributed by atoms with E-state index in [1.54, 1.807) is 170 Å². The maximum atomic E-state index is 15.5. The van der Waals surface area contributed by atoms with Crippen LogP contribution in [0.2, 0.25) is 10.0 Å². The zero-order valence-corrected chi connectivity index (χ0v) is 58.4. The number of hydrogen-bond acceptors (Lipinski definition) is 16. The van der Waals surface area contributed by atoms with Gasteiger partial charge in [0.05, 0.1) is 89.0 Å². The second-order valence-electron chi connectivity index (χ2n) is 23.2. The largest absolute Gasteiger partial charge is 0.466 e. The summed E-state index contributed by atoms with van der Waals surface area (Å²) >= 11 is 19.5. The molecule has 4 aliphatic rings. The number of anilines is 4. The molecule has 0 radical (unpaired) electrons. The summed E-state index contributed by atoms with van der Waals surface area (Å²) in [7, 11) is 4.52. The second kappa shape index (κ2) is 29.0. The number of esters is 4. The van der Waals surface area contributed by atoms with E-state index in [1.165, 1.54) is 19.6 Å². The van der Waals surface area contributed by atoms with Crippen molar-refractivity contribution < 1.29 is 47.7 Å². The van der Waals surface area contributed by atoms with Crippen molar-refractivity contribution in [2.45, 2.75) is 36.0 Å². The molecule has 0 fully saturated rings. The number of nitrogens with zero attached hydrogens (tertiary/aromatic N) is 8. The van der Waals surface area contributed by atoms with Crippen LogP contribution in [0.3, 0.4) is 0 Å². The van der Waals surface area contributed by atoms with Gasteiger partial charge in [-0.2, -0.15) is 21.0 Å². The molecular weight excluding hydrogens is 1440 g/mol. The van der Waals surface area contributed by atoms with Crippen LogP contribution in [-0.2, 0) is 71.6 Å². The van der Waals surface area contributed by atoms with Gasteiger partial charge in [-0.3, -0.25) is 9.59 Å². The SMILES string of the molecule is COC(=O)C1=C(C(=O)OC)[C@@]2(C(=O)N(Cc3ccccc3)c3ccccc32)C(C#N)(C#N)[C@@H](/C=C/c2cccc(Cl)c2)N1c1ccc(Br)cc1.COC(=O)C1=C(C(=O)OC)[C@]2(C(=O)N(Cc3ccccc3)c3ccccc32)C(C#N)(C#N)[C@H](/C=C/c2cccc(Cl)c2)N1c1ccc(Br)cc1. The predicted octanol–water partition coefficient (Wildman–Crippen LogP) is 14.2. The Bertz CT molecular complexity index is 4590. The van der Waals surface area contributed by atoms with E-state index in [0.29, 0.717) is 52.9 Å². The minimum absolute atomic E-state index is 0.0484. The molecule has 2 spiro atoms. The Labute approximate surface area is 602 Å². The maximum Gasteiger partial charge on any atom is 0.355 e. The lowest BCUT2D eigenvalue weighted by Gasteiger charge is -2.51. The third kappa shape index (κ3) is 11.5. The van der Waals surface area contributed by atoms with Crippen LogP contribution >= 0.6 is 55.1 Å². The fraction of sp³-hybridized carbons (Fsp3) is 0.154. The number of fused-ring (bicyclic) bond motifs is 4. The Hall–Kier alpha value is -11.4. The monoisotopic (exact) mass is 1490 g/mol. The van der Waals surface area contributed by atoms with Gasteiger partial charge >= 0.3 is 23.9 Å². The third-order valence-electron chi connectivity index (χ3n) is 18.1. The normalized spacial score (nSPS) is 19.2. The van der Waals surface area contributed by atoms with Crippen LogP contribution in [0, 0.1) is 56.2 Å². The van der Waals surface area contributed by atoms with E-state index in [9.17, 15) is 40.2 Å². The zero-order chi connectivity index (χ0) is 71.3. The number of methoxy groups -OCH3 is 4. The molecule has 2 amide bonds. The van der Waals surface area contributed by atoms with Gasteiger partial charge in [-0.1, -0.05) is 201 Å². The van der Waals surface area contributed by atoms with Crippen molar-refractivity contribution >= 4 is 126 Å². The van der Waals surface area contributed by atoms with Crippen molar-refractivity contribution in [1.29, 1.82) is 21.0 Å². The van der Waals surface area contributed by atoms with Crippen LogP contribution < -0.4 is 19.6 Å². The second-order valence-corrected chi connectivity index (χ2v) is 25.9. The topological polar surface area (TPSA) is 247 Å². The molecule has 100 heavy (non-hydrogen) atoms. The zero-order valence-electron chi connectivity index (χ0n) is 53.7. The highest BCUT2D eigenvalue weighted by Gasteiger charge is 2.77. The van der Waals surface area contributed by atoms with E-state index in [4.69, 9.17) is 42.1 Å². The minimum Gasteiger partial charge on any atom is -0.466 e. The lowest BCUT2D eigenvalue weighted by molar-refractivity contribution is -0.142. The Balaban J connectivity index is 0.000000202. The van der Waals surface area contributed by atoms with Gasteiger partial charge in [-0.05, 0) is 118 Å². The van der Waals surface area contributed by atoms with Gasteiger partial charge in [0.15, 0.2) is 10.8 Å². The highest BCUT2D eigenvalue weighted by atomic mass is 79.9. The molecule has 0 saturated carbocycles. The molecule has 22 heteroatoms. The van der Waals surface area contributed by atoms with Gasteiger partial charge < -0.3 is 38.5 Å². The first-order chi connectivity index (χ1) is 48.4. The van der Waals surface area contributed by atoms with E-state index >= 15 is 9.59 Å². The van der Waals surface area contributed by atoms with Crippen LogP contribution in [-0.4, -0.2) is 76.2 Å². The van der Waals surface area contributed by atoms with Gasteiger partial charge in [0.1, 0.15) is 22.2 Å². The van der Waals surface area contributed by atoms with Crippen molar-refractivity contribution in [3.05, 3.63) is 293 Å². The molecule has 8 aromatic carbocycles. The smallest absolute Gasteiger partial charge is 0.355 e. The first kappa shape index (κ1) is 70.0. The number of nitriles is 4. The van der Waals surface area contributed by atoms with E-state index < -0.39 is 80.6 Å². The molecule has 4 aliphatic heterocycles. The van der Waals surface area contributed by atoms with Crippen LogP contribution in [0.1, 0.15) is 33.4 Å². The molecular formula is C78H56Br2Cl2N8O10.